The van der Waals surface area contributed by atoms with Gasteiger partial charge in [0.05, 0.1) is 6.54 Å². The topological polar surface area (TPSA) is 60.9 Å². The number of carboxylic acid groups (broad SMARTS) is 1. The van der Waals surface area contributed by atoms with E-state index in [9.17, 15) is 9.59 Å². The molecule has 5 nitrogen and oxygen atoms in total. The summed E-state index contributed by atoms with van der Waals surface area (Å²) in [6.45, 7) is 2.22. The van der Waals surface area contributed by atoms with Crippen molar-refractivity contribution < 1.29 is 14.7 Å². The molecule has 1 N–H and O–H groups in total. The first-order chi connectivity index (χ1) is 8.41. The minimum atomic E-state index is -0.925. The van der Waals surface area contributed by atoms with E-state index in [-0.39, 0.29) is 12.5 Å². The number of carbonyl (C=O) groups is 2. The van der Waals surface area contributed by atoms with Crippen molar-refractivity contribution in [2.24, 2.45) is 0 Å². The molecule has 0 saturated heterocycles. The van der Waals surface area contributed by atoms with Gasteiger partial charge in [0.25, 0.3) is 0 Å². The van der Waals surface area contributed by atoms with Gasteiger partial charge in [-0.1, -0.05) is 0 Å². The van der Waals surface area contributed by atoms with Crippen molar-refractivity contribution in [3.63, 3.8) is 0 Å². The van der Waals surface area contributed by atoms with E-state index in [4.69, 9.17) is 5.11 Å². The van der Waals surface area contributed by atoms with Gasteiger partial charge in [0.15, 0.2) is 0 Å². The summed E-state index contributed by atoms with van der Waals surface area (Å²) in [6.07, 6.45) is 0. The van der Waals surface area contributed by atoms with Gasteiger partial charge in [-0.05, 0) is 36.4 Å². The van der Waals surface area contributed by atoms with Crippen LogP contribution in [0, 0.1) is 0 Å². The number of carboxylic acids is 1. The smallest absolute Gasteiger partial charge is 0.320 e. The third-order valence-electron chi connectivity index (χ3n) is 2.83. The minimum Gasteiger partial charge on any atom is -0.480 e. The number of aliphatic carboxylic acids is 1. The molecule has 1 rings (SSSR count). The van der Waals surface area contributed by atoms with Gasteiger partial charge in [0.2, 0.25) is 5.91 Å². The zero-order chi connectivity index (χ0) is 13.7. The van der Waals surface area contributed by atoms with E-state index < -0.39 is 12.0 Å². The minimum absolute atomic E-state index is 0.0863. The molecule has 0 aliphatic rings. The van der Waals surface area contributed by atoms with Gasteiger partial charge in [-0.15, -0.1) is 0 Å². The lowest BCUT2D eigenvalue weighted by Gasteiger charge is -2.24. The van der Waals surface area contributed by atoms with Crippen LogP contribution in [0.1, 0.15) is 12.5 Å². The molecule has 0 fully saturated rings. The highest BCUT2D eigenvalue weighted by atomic mass is 32.1. The van der Waals surface area contributed by atoms with Crippen molar-refractivity contribution in [2.45, 2.75) is 19.5 Å². The molecule has 0 saturated carbocycles. The largest absolute Gasteiger partial charge is 0.480 e. The predicted octanol–water partition coefficient (Wildman–Crippen LogP) is 1.11. The van der Waals surface area contributed by atoms with Crippen LogP contribution in [0.25, 0.3) is 0 Å². The Morgan fingerprint density at radius 2 is 2.11 bits per heavy atom. The van der Waals surface area contributed by atoms with Crippen LogP contribution in [0.15, 0.2) is 16.8 Å². The van der Waals surface area contributed by atoms with Gasteiger partial charge in [-0.3, -0.25) is 14.5 Å². The quantitative estimate of drug-likeness (QED) is 0.841. The van der Waals surface area contributed by atoms with E-state index in [1.165, 1.54) is 4.90 Å². The van der Waals surface area contributed by atoms with Crippen LogP contribution in [-0.2, 0) is 16.1 Å². The molecule has 0 bridgehead atoms. The van der Waals surface area contributed by atoms with Gasteiger partial charge < -0.3 is 10.0 Å². The second-order valence-corrected chi connectivity index (χ2v) is 5.09. The third-order valence-corrected chi connectivity index (χ3v) is 3.56. The monoisotopic (exact) mass is 270 g/mol. The first-order valence-corrected chi connectivity index (χ1v) is 6.54. The lowest BCUT2D eigenvalue weighted by Crippen LogP contribution is -2.43. The Hall–Kier alpha value is -1.40. The molecule has 0 aliphatic heterocycles. The first kappa shape index (κ1) is 14.7. The summed E-state index contributed by atoms with van der Waals surface area (Å²) in [6, 6.07) is 1.31. The molecule has 100 valence electrons. The molecule has 1 aromatic rings. The lowest BCUT2D eigenvalue weighted by atomic mass is 10.3. The summed E-state index contributed by atoms with van der Waals surface area (Å²) in [4.78, 5) is 25.8. The predicted molar refractivity (Wildman–Crippen MR) is 70.5 cm³/mol. The van der Waals surface area contributed by atoms with Crippen LogP contribution in [0.3, 0.4) is 0 Å². The number of carbonyl (C=O) groups excluding carboxylic acids is 1. The Labute approximate surface area is 111 Å². The SMILES string of the molecule is CC(C(=O)O)N(C)CC(=O)N(C)Cc1ccsc1. The normalized spacial score (nSPS) is 12.4. The molecule has 1 atom stereocenters. The zero-order valence-electron chi connectivity index (χ0n) is 10.8. The summed E-state index contributed by atoms with van der Waals surface area (Å²) in [5, 5.41) is 12.8. The van der Waals surface area contributed by atoms with Crippen molar-refractivity contribution in [1.29, 1.82) is 0 Å². The number of rotatable bonds is 6. The Kier molecular flexibility index (Phi) is 5.30. The standard InChI is InChI=1S/C12H18N2O3S/c1-9(12(16)17)13(2)7-11(15)14(3)6-10-4-5-18-8-10/h4-5,8-9H,6-7H2,1-3H3,(H,16,17). The summed E-state index contributed by atoms with van der Waals surface area (Å²) < 4.78 is 0. The van der Waals surface area contributed by atoms with Gasteiger partial charge in [0.1, 0.15) is 6.04 Å². The van der Waals surface area contributed by atoms with E-state index in [0.717, 1.165) is 5.56 Å². The van der Waals surface area contributed by atoms with Crippen molar-refractivity contribution in [2.75, 3.05) is 20.6 Å². The molecule has 1 unspecified atom stereocenters. The van der Waals surface area contributed by atoms with Crippen LogP contribution in [-0.4, -0.2) is 53.5 Å². The summed E-state index contributed by atoms with van der Waals surface area (Å²) in [7, 11) is 3.36. The molecule has 0 aliphatic carbocycles. The van der Waals surface area contributed by atoms with Crippen LogP contribution in [0.4, 0.5) is 0 Å². The fourth-order valence-corrected chi connectivity index (χ4v) is 2.06. The van der Waals surface area contributed by atoms with E-state index in [1.807, 2.05) is 16.8 Å². The number of thiophene rings is 1. The molecule has 1 heterocycles. The maximum Gasteiger partial charge on any atom is 0.320 e. The molecule has 1 aromatic heterocycles. The molecule has 0 radical (unpaired) electrons. The van der Waals surface area contributed by atoms with Gasteiger partial charge in [0, 0.05) is 13.6 Å². The number of hydrogen-bond donors (Lipinski definition) is 1. The first-order valence-electron chi connectivity index (χ1n) is 5.60. The van der Waals surface area contributed by atoms with Crippen LogP contribution < -0.4 is 0 Å². The molecule has 18 heavy (non-hydrogen) atoms. The average molecular weight is 270 g/mol. The van der Waals surface area contributed by atoms with Crippen molar-refractivity contribution in [1.82, 2.24) is 9.80 Å². The van der Waals surface area contributed by atoms with Crippen LogP contribution in [0.2, 0.25) is 0 Å². The van der Waals surface area contributed by atoms with Gasteiger partial charge >= 0.3 is 5.97 Å². The van der Waals surface area contributed by atoms with Crippen LogP contribution in [0.5, 0.6) is 0 Å². The lowest BCUT2D eigenvalue weighted by molar-refractivity contribution is -0.143. The van der Waals surface area contributed by atoms with Gasteiger partial charge in [-0.2, -0.15) is 11.3 Å². The highest BCUT2D eigenvalue weighted by molar-refractivity contribution is 7.07. The highest BCUT2D eigenvalue weighted by Gasteiger charge is 2.20. The summed E-state index contributed by atoms with van der Waals surface area (Å²) in [5.74, 6) is -1.01. The number of likely N-dealkylation sites (N-methyl/N-ethyl adjacent to an activating group) is 2. The summed E-state index contributed by atoms with van der Waals surface area (Å²) in [5.41, 5.74) is 1.09. The molecular formula is C12H18N2O3S. The molecule has 0 aromatic carbocycles. The zero-order valence-corrected chi connectivity index (χ0v) is 11.6. The molecule has 0 spiro atoms. The number of hydrogen-bond acceptors (Lipinski definition) is 4. The van der Waals surface area contributed by atoms with E-state index in [0.29, 0.717) is 6.54 Å². The summed E-state index contributed by atoms with van der Waals surface area (Å²) >= 11 is 1.59. The maximum absolute atomic E-state index is 11.9. The average Bonchev–Trinajstić information content (AvgIpc) is 2.80. The van der Waals surface area contributed by atoms with E-state index >= 15 is 0 Å². The Bertz CT molecular complexity index is 405. The van der Waals surface area contributed by atoms with Crippen LogP contribution >= 0.6 is 11.3 Å². The van der Waals surface area contributed by atoms with Crippen molar-refractivity contribution in [3.8, 4) is 0 Å². The third kappa shape index (κ3) is 4.12. The van der Waals surface area contributed by atoms with Crippen molar-refractivity contribution >= 4 is 23.2 Å². The fraction of sp³-hybridized carbons (Fsp3) is 0.500. The van der Waals surface area contributed by atoms with E-state index in [2.05, 4.69) is 0 Å². The Balaban J connectivity index is 2.47. The Morgan fingerprint density at radius 3 is 2.61 bits per heavy atom. The number of amides is 1. The van der Waals surface area contributed by atoms with Crippen molar-refractivity contribution in [3.05, 3.63) is 22.4 Å². The molecular weight excluding hydrogens is 252 g/mol. The second kappa shape index (κ2) is 6.51. The highest BCUT2D eigenvalue weighted by Crippen LogP contribution is 2.08. The van der Waals surface area contributed by atoms with Gasteiger partial charge in [-0.25, -0.2) is 0 Å². The van der Waals surface area contributed by atoms with E-state index in [1.54, 1.807) is 37.3 Å². The molecule has 1 amide bonds. The second-order valence-electron chi connectivity index (χ2n) is 4.31. The molecule has 6 heteroatoms. The maximum atomic E-state index is 11.9. The Morgan fingerprint density at radius 1 is 1.44 bits per heavy atom. The number of nitrogens with zero attached hydrogens (tertiary/aromatic N) is 2. The fourth-order valence-electron chi connectivity index (χ4n) is 1.40.